The average molecular weight is 356 g/mol. The summed E-state index contributed by atoms with van der Waals surface area (Å²) in [4.78, 5) is 22.9. The Morgan fingerprint density at radius 3 is 2.54 bits per heavy atom. The van der Waals surface area contributed by atoms with Crippen molar-refractivity contribution in [2.75, 3.05) is 18.2 Å². The van der Waals surface area contributed by atoms with Gasteiger partial charge < -0.3 is 15.2 Å². The van der Waals surface area contributed by atoms with E-state index >= 15 is 0 Å². The fourth-order valence-electron chi connectivity index (χ4n) is 2.00. The first-order chi connectivity index (χ1) is 12.5. The summed E-state index contributed by atoms with van der Waals surface area (Å²) in [5.41, 5.74) is 7.55. The predicted molar refractivity (Wildman–Crippen MR) is 98.0 cm³/mol. The van der Waals surface area contributed by atoms with Gasteiger partial charge in [0.25, 0.3) is 0 Å². The molecule has 0 aliphatic heterocycles. The van der Waals surface area contributed by atoms with E-state index in [9.17, 15) is 9.59 Å². The summed E-state index contributed by atoms with van der Waals surface area (Å²) in [5.74, 6) is 0.00477. The van der Waals surface area contributed by atoms with Crippen LogP contribution < -0.4 is 15.8 Å². The molecule has 0 spiro atoms. The number of para-hydroxylation sites is 1. The van der Waals surface area contributed by atoms with Gasteiger partial charge in [0.2, 0.25) is 0 Å². The largest absolute Gasteiger partial charge is 0.453 e. The lowest BCUT2D eigenvalue weighted by molar-refractivity contribution is -0.134. The fourth-order valence-corrected chi connectivity index (χ4v) is 2.00. The summed E-state index contributed by atoms with van der Waals surface area (Å²) < 4.78 is 9.81. The smallest absolute Gasteiger partial charge is 0.411 e. The first-order valence-corrected chi connectivity index (χ1v) is 7.99. The third kappa shape index (κ3) is 5.30. The number of benzene rings is 2. The lowest BCUT2D eigenvalue weighted by Gasteiger charge is -2.07. The minimum absolute atomic E-state index is 0.322. The van der Waals surface area contributed by atoms with Gasteiger partial charge in [-0.3, -0.25) is 10.1 Å². The van der Waals surface area contributed by atoms with E-state index in [1.807, 2.05) is 6.92 Å². The molecular weight excluding hydrogens is 336 g/mol. The Labute approximate surface area is 151 Å². The van der Waals surface area contributed by atoms with Crippen molar-refractivity contribution >= 4 is 34.8 Å². The number of esters is 1. The number of hydrogen-bond donors (Lipinski definition) is 2. The number of hydrogen-bond acceptors (Lipinski definition) is 7. The third-order valence-electron chi connectivity index (χ3n) is 3.27. The number of nitrogens with two attached hydrogens (primary N) is 1. The minimum Gasteiger partial charge on any atom is -0.453 e. The van der Waals surface area contributed by atoms with E-state index in [0.29, 0.717) is 41.3 Å². The van der Waals surface area contributed by atoms with Gasteiger partial charge in [0.15, 0.2) is 5.75 Å². The zero-order chi connectivity index (χ0) is 18.9. The van der Waals surface area contributed by atoms with Crippen LogP contribution in [0.15, 0.2) is 52.7 Å². The highest BCUT2D eigenvalue weighted by molar-refractivity contribution is 5.86. The van der Waals surface area contributed by atoms with Gasteiger partial charge in [-0.15, -0.1) is 10.2 Å². The van der Waals surface area contributed by atoms with Crippen LogP contribution >= 0.6 is 0 Å². The van der Waals surface area contributed by atoms with Crippen molar-refractivity contribution in [3.63, 3.8) is 0 Å². The minimum atomic E-state index is -0.596. The zero-order valence-electron chi connectivity index (χ0n) is 14.6. The van der Waals surface area contributed by atoms with E-state index in [0.717, 1.165) is 0 Å². The van der Waals surface area contributed by atoms with Crippen molar-refractivity contribution < 1.29 is 19.1 Å². The lowest BCUT2D eigenvalue weighted by atomic mass is 10.2. The second-order valence-corrected chi connectivity index (χ2v) is 5.28. The number of nitrogen functional groups attached to an aromatic ring is 1. The SMILES string of the molecule is CCCC(=O)Oc1ccccc1N=Nc1ccc(NC(=O)OC)cc1N. The number of amides is 1. The van der Waals surface area contributed by atoms with Gasteiger partial charge in [-0.25, -0.2) is 4.79 Å². The Morgan fingerprint density at radius 2 is 1.85 bits per heavy atom. The van der Waals surface area contributed by atoms with Gasteiger partial charge in [0.1, 0.15) is 11.4 Å². The van der Waals surface area contributed by atoms with Crippen LogP contribution in [0.25, 0.3) is 0 Å². The molecule has 0 saturated carbocycles. The standard InChI is InChI=1S/C18H20N4O4/c1-3-6-17(23)26-16-8-5-4-7-15(16)22-21-14-10-9-12(11-13(14)19)20-18(24)25-2/h4-5,7-11H,3,6,19H2,1-2H3,(H,20,24). The molecule has 2 rings (SSSR count). The normalized spacial score (nSPS) is 10.5. The number of ether oxygens (including phenoxy) is 2. The van der Waals surface area contributed by atoms with Crippen molar-refractivity contribution in [3.8, 4) is 5.75 Å². The van der Waals surface area contributed by atoms with Crippen LogP contribution in [0, 0.1) is 0 Å². The molecule has 26 heavy (non-hydrogen) atoms. The van der Waals surface area contributed by atoms with Gasteiger partial charge in [-0.2, -0.15) is 0 Å². The first kappa shape index (κ1) is 18.9. The Balaban J connectivity index is 2.17. The summed E-state index contributed by atoms with van der Waals surface area (Å²) >= 11 is 0. The zero-order valence-corrected chi connectivity index (χ0v) is 14.6. The van der Waals surface area contributed by atoms with E-state index in [1.165, 1.54) is 7.11 Å². The molecule has 8 nitrogen and oxygen atoms in total. The van der Waals surface area contributed by atoms with E-state index in [-0.39, 0.29) is 5.97 Å². The highest BCUT2D eigenvalue weighted by Gasteiger charge is 2.08. The molecule has 0 aliphatic carbocycles. The van der Waals surface area contributed by atoms with Gasteiger partial charge in [-0.05, 0) is 36.8 Å². The fraction of sp³-hybridized carbons (Fsp3) is 0.222. The molecular formula is C18H20N4O4. The molecule has 0 fully saturated rings. The Hall–Kier alpha value is -3.42. The summed E-state index contributed by atoms with van der Waals surface area (Å²) in [7, 11) is 1.27. The number of carbonyl (C=O) groups excluding carboxylic acids is 2. The Kier molecular flexibility index (Phi) is 6.67. The molecule has 136 valence electrons. The molecule has 2 aromatic carbocycles. The Bertz CT molecular complexity index is 821. The molecule has 1 amide bonds. The van der Waals surface area contributed by atoms with E-state index in [4.69, 9.17) is 10.5 Å². The maximum Gasteiger partial charge on any atom is 0.411 e. The molecule has 0 aliphatic rings. The molecule has 0 bridgehead atoms. The van der Waals surface area contributed by atoms with Crippen LogP contribution in [-0.4, -0.2) is 19.2 Å². The highest BCUT2D eigenvalue weighted by atomic mass is 16.5. The van der Waals surface area contributed by atoms with Crippen LogP contribution in [0.5, 0.6) is 5.75 Å². The quantitative estimate of drug-likeness (QED) is 0.340. The molecule has 0 heterocycles. The number of anilines is 2. The number of nitrogens with one attached hydrogen (secondary N) is 1. The van der Waals surface area contributed by atoms with Crippen LogP contribution in [0.1, 0.15) is 19.8 Å². The van der Waals surface area contributed by atoms with Crippen molar-refractivity contribution in [2.45, 2.75) is 19.8 Å². The third-order valence-corrected chi connectivity index (χ3v) is 3.27. The van der Waals surface area contributed by atoms with Gasteiger partial charge in [0, 0.05) is 12.1 Å². The maximum absolute atomic E-state index is 11.7. The van der Waals surface area contributed by atoms with E-state index in [1.54, 1.807) is 42.5 Å². The molecule has 0 unspecified atom stereocenters. The van der Waals surface area contributed by atoms with Crippen LogP contribution in [0.4, 0.5) is 27.5 Å². The highest BCUT2D eigenvalue weighted by Crippen LogP contribution is 2.31. The van der Waals surface area contributed by atoms with Crippen molar-refractivity contribution in [3.05, 3.63) is 42.5 Å². The molecule has 8 heteroatoms. The lowest BCUT2D eigenvalue weighted by Crippen LogP contribution is -2.10. The molecule has 0 aromatic heterocycles. The van der Waals surface area contributed by atoms with Crippen LogP contribution in [0.3, 0.4) is 0 Å². The molecule has 2 aromatic rings. The number of rotatable bonds is 6. The number of methoxy groups -OCH3 is 1. The second-order valence-electron chi connectivity index (χ2n) is 5.28. The number of azo groups is 1. The summed E-state index contributed by atoms with van der Waals surface area (Å²) in [6, 6.07) is 11.6. The van der Waals surface area contributed by atoms with Gasteiger partial charge in [-0.1, -0.05) is 19.1 Å². The van der Waals surface area contributed by atoms with Crippen LogP contribution in [-0.2, 0) is 9.53 Å². The first-order valence-electron chi connectivity index (χ1n) is 7.99. The Morgan fingerprint density at radius 1 is 1.12 bits per heavy atom. The van der Waals surface area contributed by atoms with Crippen molar-refractivity contribution in [1.29, 1.82) is 0 Å². The van der Waals surface area contributed by atoms with E-state index < -0.39 is 6.09 Å². The summed E-state index contributed by atoms with van der Waals surface area (Å²) in [6.07, 6.45) is 0.430. The summed E-state index contributed by atoms with van der Waals surface area (Å²) in [6.45, 7) is 1.90. The van der Waals surface area contributed by atoms with Gasteiger partial charge in [0.05, 0.1) is 12.8 Å². The second kappa shape index (κ2) is 9.16. The number of carbonyl (C=O) groups is 2. The number of nitrogens with zero attached hydrogens (tertiary/aromatic N) is 2. The predicted octanol–water partition coefficient (Wildman–Crippen LogP) is 4.57. The maximum atomic E-state index is 11.7. The molecule has 3 N–H and O–H groups in total. The molecule has 0 saturated heterocycles. The topological polar surface area (TPSA) is 115 Å². The average Bonchev–Trinajstić information content (AvgIpc) is 2.62. The van der Waals surface area contributed by atoms with Crippen LogP contribution in [0.2, 0.25) is 0 Å². The van der Waals surface area contributed by atoms with Crippen molar-refractivity contribution in [1.82, 2.24) is 0 Å². The van der Waals surface area contributed by atoms with Crippen molar-refractivity contribution in [2.24, 2.45) is 10.2 Å². The summed E-state index contributed by atoms with van der Waals surface area (Å²) in [5, 5.41) is 10.7. The molecule has 0 atom stereocenters. The van der Waals surface area contributed by atoms with E-state index in [2.05, 4.69) is 20.3 Å². The van der Waals surface area contributed by atoms with Gasteiger partial charge >= 0.3 is 12.1 Å². The monoisotopic (exact) mass is 356 g/mol. The molecule has 0 radical (unpaired) electrons.